The van der Waals surface area contributed by atoms with Gasteiger partial charge in [0.25, 0.3) is 0 Å². The lowest BCUT2D eigenvalue weighted by Gasteiger charge is -2.07. The highest BCUT2D eigenvalue weighted by Gasteiger charge is 2.18. The van der Waals surface area contributed by atoms with E-state index in [9.17, 15) is 4.79 Å². The van der Waals surface area contributed by atoms with Gasteiger partial charge in [0.15, 0.2) is 5.69 Å². The average Bonchev–Trinajstić information content (AvgIpc) is 3.00. The van der Waals surface area contributed by atoms with Gasteiger partial charge in [-0.25, -0.2) is 9.48 Å². The van der Waals surface area contributed by atoms with Gasteiger partial charge in [-0.3, -0.25) is 4.68 Å². The first-order valence-corrected chi connectivity index (χ1v) is 6.25. The second kappa shape index (κ2) is 6.29. The maximum Gasteiger partial charge on any atom is 0.358 e. The highest BCUT2D eigenvalue weighted by atomic mass is 16.5. The van der Waals surface area contributed by atoms with Crippen molar-refractivity contribution in [2.24, 2.45) is 7.05 Å². The summed E-state index contributed by atoms with van der Waals surface area (Å²) in [6.07, 6.45) is 2.90. The molecule has 0 fully saturated rings. The van der Waals surface area contributed by atoms with Crippen LogP contribution >= 0.6 is 0 Å². The van der Waals surface area contributed by atoms with Gasteiger partial charge in [0.2, 0.25) is 0 Å². The number of aromatic nitrogens is 5. The Balaban J connectivity index is 2.14. The van der Waals surface area contributed by atoms with Crippen LogP contribution in [-0.4, -0.2) is 49.6 Å². The van der Waals surface area contributed by atoms with E-state index in [-0.39, 0.29) is 5.69 Å². The molecule has 0 bridgehead atoms. The molecule has 0 aliphatic rings. The predicted octanol–water partition coefficient (Wildman–Crippen LogP) is 0.141. The van der Waals surface area contributed by atoms with Gasteiger partial charge >= 0.3 is 5.97 Å². The van der Waals surface area contributed by atoms with Crippen molar-refractivity contribution in [2.45, 2.75) is 19.4 Å². The molecule has 0 unspecified atom stereocenters. The zero-order valence-corrected chi connectivity index (χ0v) is 11.5. The molecule has 0 spiro atoms. The second-order valence-electron chi connectivity index (χ2n) is 4.35. The van der Waals surface area contributed by atoms with Gasteiger partial charge in [-0.2, -0.15) is 5.10 Å². The minimum absolute atomic E-state index is 0.00736. The Kier molecular flexibility index (Phi) is 4.46. The van der Waals surface area contributed by atoms with Crippen molar-refractivity contribution in [3.05, 3.63) is 29.3 Å². The van der Waals surface area contributed by atoms with Crippen LogP contribution in [0.25, 0.3) is 0 Å². The fourth-order valence-corrected chi connectivity index (χ4v) is 1.99. The zero-order chi connectivity index (χ0) is 14.5. The van der Waals surface area contributed by atoms with Crippen molar-refractivity contribution in [3.63, 3.8) is 0 Å². The predicted molar refractivity (Wildman–Crippen MR) is 69.5 cm³/mol. The lowest BCUT2D eigenvalue weighted by molar-refractivity contribution is 0.0688. The van der Waals surface area contributed by atoms with E-state index in [1.54, 1.807) is 22.7 Å². The number of carbonyl (C=O) groups is 1. The third kappa shape index (κ3) is 3.02. The maximum atomic E-state index is 11.1. The average molecular weight is 279 g/mol. The Morgan fingerprint density at radius 2 is 2.25 bits per heavy atom. The van der Waals surface area contributed by atoms with E-state index in [2.05, 4.69) is 15.4 Å². The molecule has 1 N–H and O–H groups in total. The lowest BCUT2D eigenvalue weighted by atomic mass is 10.2. The first-order chi connectivity index (χ1) is 9.63. The SMILES string of the molecule is COCCc1c(C(=O)O)nnn1CCc1ccnn1C. The molecule has 2 rings (SSSR count). The van der Waals surface area contributed by atoms with E-state index < -0.39 is 5.97 Å². The number of methoxy groups -OCH3 is 1. The molecule has 0 aliphatic heterocycles. The number of hydrogen-bond donors (Lipinski definition) is 1. The van der Waals surface area contributed by atoms with Gasteiger partial charge in [-0.05, 0) is 6.07 Å². The molecular weight excluding hydrogens is 262 g/mol. The van der Waals surface area contributed by atoms with Crippen molar-refractivity contribution in [3.8, 4) is 0 Å². The van der Waals surface area contributed by atoms with Crippen molar-refractivity contribution in [1.82, 2.24) is 24.8 Å². The highest BCUT2D eigenvalue weighted by Crippen LogP contribution is 2.09. The fourth-order valence-electron chi connectivity index (χ4n) is 1.99. The standard InChI is InChI=1S/C12H17N5O3/c1-16-9(3-6-13-16)4-7-17-10(5-8-20-2)11(12(18)19)14-15-17/h3,6H,4-5,7-8H2,1-2H3,(H,18,19). The van der Waals surface area contributed by atoms with E-state index >= 15 is 0 Å². The quantitative estimate of drug-likeness (QED) is 0.774. The minimum Gasteiger partial charge on any atom is -0.476 e. The van der Waals surface area contributed by atoms with Crippen LogP contribution in [0.15, 0.2) is 12.3 Å². The van der Waals surface area contributed by atoms with Crippen molar-refractivity contribution in [1.29, 1.82) is 0 Å². The molecule has 0 aromatic carbocycles. The lowest BCUT2D eigenvalue weighted by Crippen LogP contribution is -2.13. The summed E-state index contributed by atoms with van der Waals surface area (Å²) in [6, 6.07) is 1.92. The van der Waals surface area contributed by atoms with Crippen LogP contribution < -0.4 is 0 Å². The van der Waals surface area contributed by atoms with Crippen LogP contribution in [0.4, 0.5) is 0 Å². The molecule has 2 aromatic heterocycles. The van der Waals surface area contributed by atoms with E-state index in [0.717, 1.165) is 5.69 Å². The van der Waals surface area contributed by atoms with Crippen LogP contribution in [0.3, 0.4) is 0 Å². The first kappa shape index (κ1) is 14.2. The Hall–Kier alpha value is -2.22. The smallest absolute Gasteiger partial charge is 0.358 e. The molecule has 2 heterocycles. The van der Waals surface area contributed by atoms with Crippen molar-refractivity contribution in [2.75, 3.05) is 13.7 Å². The molecule has 0 atom stereocenters. The van der Waals surface area contributed by atoms with E-state index in [1.807, 2.05) is 13.1 Å². The molecule has 0 aliphatic carbocycles. The number of nitrogens with zero attached hydrogens (tertiary/aromatic N) is 5. The van der Waals surface area contributed by atoms with Crippen LogP contribution in [0.1, 0.15) is 21.9 Å². The third-order valence-corrected chi connectivity index (χ3v) is 3.09. The number of ether oxygens (including phenoxy) is 1. The van der Waals surface area contributed by atoms with Gasteiger partial charge in [0.05, 0.1) is 12.3 Å². The summed E-state index contributed by atoms with van der Waals surface area (Å²) in [6.45, 7) is 0.984. The number of carboxylic acids is 1. The van der Waals surface area contributed by atoms with E-state index in [1.165, 1.54) is 0 Å². The third-order valence-electron chi connectivity index (χ3n) is 3.09. The van der Waals surface area contributed by atoms with Crippen LogP contribution in [0.2, 0.25) is 0 Å². The maximum absolute atomic E-state index is 11.1. The number of aryl methyl sites for hydroxylation is 3. The summed E-state index contributed by atoms with van der Waals surface area (Å²) in [5, 5.41) is 20.8. The number of rotatable bonds is 7. The zero-order valence-electron chi connectivity index (χ0n) is 11.5. The Bertz CT molecular complexity index is 590. The minimum atomic E-state index is -1.07. The molecule has 0 saturated heterocycles. The second-order valence-corrected chi connectivity index (χ2v) is 4.35. The topological polar surface area (TPSA) is 95.1 Å². The largest absolute Gasteiger partial charge is 0.476 e. The van der Waals surface area contributed by atoms with Crippen LogP contribution in [-0.2, 0) is 31.2 Å². The molecule has 0 saturated carbocycles. The Morgan fingerprint density at radius 3 is 2.85 bits per heavy atom. The molecule has 20 heavy (non-hydrogen) atoms. The fraction of sp³-hybridized carbons (Fsp3) is 0.500. The summed E-state index contributed by atoms with van der Waals surface area (Å²) in [5.41, 5.74) is 1.63. The molecule has 0 radical (unpaired) electrons. The summed E-state index contributed by atoms with van der Waals surface area (Å²) in [5.74, 6) is -1.07. The first-order valence-electron chi connectivity index (χ1n) is 6.25. The number of hydrogen-bond acceptors (Lipinski definition) is 5. The van der Waals surface area contributed by atoms with Crippen LogP contribution in [0, 0.1) is 0 Å². The molecule has 2 aromatic rings. The summed E-state index contributed by atoms with van der Waals surface area (Å²) in [4.78, 5) is 11.1. The highest BCUT2D eigenvalue weighted by molar-refractivity contribution is 5.86. The van der Waals surface area contributed by atoms with Gasteiger partial charge in [-0.15, -0.1) is 5.10 Å². The molecule has 0 amide bonds. The number of aromatic carboxylic acids is 1. The van der Waals surface area contributed by atoms with Gasteiger partial charge < -0.3 is 9.84 Å². The van der Waals surface area contributed by atoms with Crippen molar-refractivity contribution >= 4 is 5.97 Å². The Morgan fingerprint density at radius 1 is 1.45 bits per heavy atom. The van der Waals surface area contributed by atoms with E-state index in [4.69, 9.17) is 9.84 Å². The molecular formula is C12H17N5O3. The number of carboxylic acid groups (broad SMARTS) is 1. The molecule has 108 valence electrons. The summed E-state index contributed by atoms with van der Waals surface area (Å²) >= 11 is 0. The van der Waals surface area contributed by atoms with E-state index in [0.29, 0.717) is 31.7 Å². The summed E-state index contributed by atoms with van der Waals surface area (Å²) in [7, 11) is 3.44. The van der Waals surface area contributed by atoms with Crippen LogP contribution in [0.5, 0.6) is 0 Å². The molecule has 8 nitrogen and oxygen atoms in total. The Labute approximate surface area is 116 Å². The van der Waals surface area contributed by atoms with Gasteiger partial charge in [0, 0.05) is 45.4 Å². The van der Waals surface area contributed by atoms with Gasteiger partial charge in [0.1, 0.15) is 0 Å². The van der Waals surface area contributed by atoms with Gasteiger partial charge in [-0.1, -0.05) is 5.21 Å². The summed E-state index contributed by atoms with van der Waals surface area (Å²) < 4.78 is 8.40. The van der Waals surface area contributed by atoms with Crippen molar-refractivity contribution < 1.29 is 14.6 Å². The normalized spacial score (nSPS) is 10.9. The monoisotopic (exact) mass is 279 g/mol. The molecule has 8 heteroatoms.